The Morgan fingerprint density at radius 2 is 0.525 bits per heavy atom. The molecule has 0 atom stereocenters. The van der Waals surface area contributed by atoms with Crippen LogP contribution in [0.2, 0.25) is 0 Å². The molecule has 0 aliphatic carbocycles. The Kier molecular flexibility index (Phi) is 22.2. The van der Waals surface area contributed by atoms with Crippen LogP contribution in [0.4, 0.5) is 0 Å². The van der Waals surface area contributed by atoms with Crippen LogP contribution in [0.15, 0.2) is 122 Å². The minimum Gasteiger partial charge on any atom is -0.354 e. The molecule has 2 N–H and O–H groups in total. The van der Waals surface area contributed by atoms with Crippen molar-refractivity contribution in [3.8, 4) is 45.0 Å². The number of nitrogens with zero attached hydrogens (tertiary/aromatic N) is 6. The van der Waals surface area contributed by atoms with Gasteiger partial charge in [0.25, 0.3) is 0 Å². The smallest absolute Gasteiger partial charge is 0.216 e. The van der Waals surface area contributed by atoms with Crippen molar-refractivity contribution >= 4 is 46.4 Å². The van der Waals surface area contributed by atoms with E-state index in [1.807, 2.05) is 0 Å². The molecule has 0 saturated heterocycles. The molecule has 0 aromatic carbocycles. The van der Waals surface area contributed by atoms with E-state index in [1.165, 1.54) is 134 Å². The number of rotatable bonds is 32. The van der Waals surface area contributed by atoms with E-state index in [9.17, 15) is 0 Å². The number of hydrogen-bond donors (Lipinski definition) is 2. The Balaban J connectivity index is 1.31. The summed E-state index contributed by atoms with van der Waals surface area (Å²) < 4.78 is 9.88. The lowest BCUT2D eigenvalue weighted by Gasteiger charge is -2.08. The fourth-order valence-electron chi connectivity index (χ4n) is 12.1. The van der Waals surface area contributed by atoms with Gasteiger partial charge >= 0.3 is 0 Å². The third kappa shape index (κ3) is 14.9. The Morgan fingerprint density at radius 3 is 0.838 bits per heavy atom. The number of nitrogens with one attached hydrogen (secondary N) is 2. The van der Waals surface area contributed by atoms with Crippen LogP contribution in [0.25, 0.3) is 91.4 Å². The maximum absolute atomic E-state index is 5.79. The normalized spacial score (nSPS) is 12.1. The maximum Gasteiger partial charge on any atom is 0.216 e. The van der Waals surface area contributed by atoms with Crippen molar-refractivity contribution in [1.29, 1.82) is 0 Å². The summed E-state index contributed by atoms with van der Waals surface area (Å²) in [6, 6.07) is 36.0. The van der Waals surface area contributed by atoms with Gasteiger partial charge in [0.05, 0.1) is 67.1 Å². The second-order valence-electron chi connectivity index (χ2n) is 22.7. The van der Waals surface area contributed by atoms with E-state index in [0.717, 1.165) is 136 Å². The van der Waals surface area contributed by atoms with Gasteiger partial charge in [-0.1, -0.05) is 130 Å². The number of aryl methyl sites for hydroxylation is 4. The Hall–Kier alpha value is -6.80. The van der Waals surface area contributed by atoms with Crippen LogP contribution < -0.4 is 18.3 Å². The van der Waals surface area contributed by atoms with Gasteiger partial charge in [-0.05, 0) is 98.5 Å². The topological polar surface area (TPSA) is 72.9 Å². The molecule has 7 aromatic heterocycles. The highest BCUT2D eigenvalue weighted by molar-refractivity contribution is 5.98. The van der Waals surface area contributed by atoms with Crippen LogP contribution in [0.5, 0.6) is 0 Å². The lowest BCUT2D eigenvalue weighted by atomic mass is 10.1. The summed E-state index contributed by atoms with van der Waals surface area (Å²) in [7, 11) is 0. The van der Waals surface area contributed by atoms with E-state index in [-0.39, 0.29) is 0 Å². The predicted molar refractivity (Wildman–Crippen MR) is 335 cm³/mol. The minimum atomic E-state index is 0.927. The molecule has 9 heterocycles. The van der Waals surface area contributed by atoms with Gasteiger partial charge in [0, 0.05) is 74.2 Å². The summed E-state index contributed by atoms with van der Waals surface area (Å²) in [5.41, 5.74) is 17.0. The summed E-state index contributed by atoms with van der Waals surface area (Å²) in [4.78, 5) is 19.8. The number of hydrogen-bond acceptors (Lipinski definition) is 2. The second kappa shape index (κ2) is 30.7. The SMILES string of the molecule is CCCCCCCC[n+]1ccccc1-c1c2nc(c(-c3cccc[n+]3CCCCCCCC)c3ccc([nH]3)c(-c3cccc[n+]3CCCCCCCC)c3ccc([nH]3)c(-c3cccc[n+]3CCCCCCCC)c3nc1C=C3)C=C2. The quantitative estimate of drug-likeness (QED) is 0.0326. The third-order valence-corrected chi connectivity index (χ3v) is 16.6. The Bertz CT molecular complexity index is 3160. The molecule has 0 unspecified atom stereocenters. The van der Waals surface area contributed by atoms with Gasteiger partial charge in [0.1, 0.15) is 26.2 Å². The van der Waals surface area contributed by atoms with Gasteiger partial charge < -0.3 is 9.97 Å². The number of H-pyrrole nitrogens is 2. The summed E-state index contributed by atoms with van der Waals surface area (Å²) >= 11 is 0. The highest BCUT2D eigenvalue weighted by Gasteiger charge is 2.28. The van der Waals surface area contributed by atoms with Gasteiger partial charge in [-0.25, -0.2) is 9.97 Å². The van der Waals surface area contributed by atoms with Crippen LogP contribution in [0.1, 0.15) is 205 Å². The Labute approximate surface area is 479 Å². The molecule has 418 valence electrons. The molecule has 0 radical (unpaired) electrons. The molecule has 8 bridgehead atoms. The lowest BCUT2D eigenvalue weighted by Crippen LogP contribution is -2.36. The van der Waals surface area contributed by atoms with Gasteiger partial charge in [0.15, 0.2) is 24.8 Å². The monoisotopic (exact) mass is 1070 g/mol. The number of pyridine rings is 4. The summed E-state index contributed by atoms with van der Waals surface area (Å²) in [6.07, 6.45) is 48.1. The average molecular weight is 1070 g/mol. The maximum atomic E-state index is 5.79. The predicted octanol–water partition coefficient (Wildman–Crippen LogP) is 17.9. The largest absolute Gasteiger partial charge is 0.354 e. The molecule has 0 fully saturated rings. The van der Waals surface area contributed by atoms with Gasteiger partial charge in [-0.15, -0.1) is 0 Å². The first kappa shape index (κ1) is 57.9. The fourth-order valence-corrected chi connectivity index (χ4v) is 12.1. The molecule has 8 nitrogen and oxygen atoms in total. The van der Waals surface area contributed by atoms with Crippen LogP contribution in [0.3, 0.4) is 0 Å². The van der Waals surface area contributed by atoms with Crippen LogP contribution in [-0.2, 0) is 26.2 Å². The molecule has 0 spiro atoms. The van der Waals surface area contributed by atoms with Crippen LogP contribution in [-0.4, -0.2) is 19.9 Å². The van der Waals surface area contributed by atoms with Crippen molar-refractivity contribution in [1.82, 2.24) is 19.9 Å². The van der Waals surface area contributed by atoms with Crippen molar-refractivity contribution in [3.63, 3.8) is 0 Å². The zero-order valence-electron chi connectivity index (χ0n) is 49.3. The molecular weight excluding hydrogens is 977 g/mol. The number of unbranched alkanes of at least 4 members (excludes halogenated alkanes) is 20. The van der Waals surface area contributed by atoms with Gasteiger partial charge in [0.2, 0.25) is 22.8 Å². The summed E-state index contributed by atoms with van der Waals surface area (Å²) in [5, 5.41) is 0. The van der Waals surface area contributed by atoms with E-state index >= 15 is 0 Å². The Morgan fingerprint density at radius 1 is 0.275 bits per heavy atom. The highest BCUT2D eigenvalue weighted by atomic mass is 15.0. The molecule has 80 heavy (non-hydrogen) atoms. The number of fused-ring (bicyclic) bond motifs is 8. The van der Waals surface area contributed by atoms with E-state index in [1.54, 1.807) is 0 Å². The van der Waals surface area contributed by atoms with Crippen molar-refractivity contribution in [2.24, 2.45) is 0 Å². The zero-order valence-corrected chi connectivity index (χ0v) is 49.3. The fraction of sp³-hybridized carbons (Fsp3) is 0.444. The van der Waals surface area contributed by atoms with Crippen LogP contribution in [0, 0.1) is 0 Å². The first-order valence-electron chi connectivity index (χ1n) is 31.7. The number of aromatic nitrogens is 8. The second-order valence-corrected chi connectivity index (χ2v) is 22.7. The van der Waals surface area contributed by atoms with Crippen LogP contribution >= 0.6 is 0 Å². The van der Waals surface area contributed by atoms with Crippen molar-refractivity contribution in [3.05, 3.63) is 145 Å². The van der Waals surface area contributed by atoms with Gasteiger partial charge in [-0.3, -0.25) is 0 Å². The molecule has 7 aromatic rings. The van der Waals surface area contributed by atoms with E-state index in [4.69, 9.17) is 9.97 Å². The van der Waals surface area contributed by atoms with E-state index in [2.05, 4.69) is 202 Å². The van der Waals surface area contributed by atoms with Crippen molar-refractivity contribution in [2.45, 2.75) is 208 Å². The summed E-state index contributed by atoms with van der Waals surface area (Å²) in [5.74, 6) is 0. The molecular formula is C72H94N8+4. The standard InChI is InChI=1S/C72H93N8/c1-5-9-13-17-21-29-49-77-53-33-25-37-65(77)69-57-41-43-59(73-57)70(66-38-26-34-54-78(66)50-30-22-18-14-10-6-2)61-45-47-63(75-61)72(68-40-28-36-56-80(68)52-32-24-20-16-12-8-4)64-48-46-62(76-64)71(60-44-42-58(69)74-60)67-39-27-35-55-79(67)51-31-23-19-15-11-7-3/h25-28,33-48,53-56H,5-24,29-32,49-52H2,1-4H3,(H,73,74,75,76)/q+3/p+1. The molecule has 0 saturated carbocycles. The highest BCUT2D eigenvalue weighted by Crippen LogP contribution is 2.37. The van der Waals surface area contributed by atoms with Gasteiger partial charge in [-0.2, -0.15) is 18.3 Å². The lowest BCUT2D eigenvalue weighted by molar-refractivity contribution is -0.686. The van der Waals surface area contributed by atoms with E-state index < -0.39 is 0 Å². The third-order valence-electron chi connectivity index (χ3n) is 16.6. The first-order valence-corrected chi connectivity index (χ1v) is 31.7. The van der Waals surface area contributed by atoms with Crippen molar-refractivity contribution in [2.75, 3.05) is 0 Å². The molecule has 9 rings (SSSR count). The molecule has 0 amide bonds. The van der Waals surface area contributed by atoms with Crippen molar-refractivity contribution < 1.29 is 18.3 Å². The molecule has 2 aliphatic rings. The zero-order chi connectivity index (χ0) is 55.1. The summed E-state index contributed by atoms with van der Waals surface area (Å²) in [6.45, 7) is 13.0. The molecule has 2 aliphatic heterocycles. The van der Waals surface area contributed by atoms with E-state index in [0.29, 0.717) is 0 Å². The minimum absolute atomic E-state index is 0.927. The average Bonchev–Trinajstić information content (AvgIpc) is 4.38. The molecule has 8 heteroatoms. The number of aromatic amines is 2. The first-order chi connectivity index (χ1) is 39.6.